The predicted molar refractivity (Wildman–Crippen MR) is 29.0 cm³/mol. The van der Waals surface area contributed by atoms with Crippen LogP contribution in [0.3, 0.4) is 0 Å². The first-order chi connectivity index (χ1) is 3.21. The van der Waals surface area contributed by atoms with E-state index in [4.69, 9.17) is 9.59 Å². The third-order valence-corrected chi connectivity index (χ3v) is 3.71. The Morgan fingerprint density at radius 3 is 1.57 bits per heavy atom. The summed E-state index contributed by atoms with van der Waals surface area (Å²) < 4.78 is 0. The van der Waals surface area contributed by atoms with Crippen LogP contribution in [0.25, 0.3) is 0 Å². The van der Waals surface area contributed by atoms with Crippen molar-refractivity contribution < 1.29 is 9.59 Å². The summed E-state index contributed by atoms with van der Waals surface area (Å²) in [5.41, 5.74) is 0. The lowest BCUT2D eigenvalue weighted by atomic mass is 10.4. The Morgan fingerprint density at radius 1 is 1.00 bits per heavy atom. The van der Waals surface area contributed by atoms with Crippen molar-refractivity contribution in [2.75, 3.05) is 0 Å². The molecule has 0 radical (unpaired) electrons. The van der Waals surface area contributed by atoms with Crippen LogP contribution in [0.1, 0.15) is 12.8 Å². The summed E-state index contributed by atoms with van der Waals surface area (Å²) in [7, 11) is -2.54. The van der Waals surface area contributed by atoms with Gasteiger partial charge in [-0.25, -0.2) is 0 Å². The van der Waals surface area contributed by atoms with E-state index in [1.807, 2.05) is 0 Å². The minimum Gasteiger partial charge on any atom is -0.411 e. The first-order valence-electron chi connectivity index (χ1n) is 2.65. The second-order valence-corrected chi connectivity index (χ2v) is 5.15. The molecule has 42 valence electrons. The highest BCUT2D eigenvalue weighted by molar-refractivity contribution is 6.65. The van der Waals surface area contributed by atoms with Crippen LogP contribution >= 0.6 is 0 Å². The second kappa shape index (κ2) is 1.58. The summed E-state index contributed by atoms with van der Waals surface area (Å²) in [6, 6.07) is 1.40. The molecule has 1 fully saturated rings. The van der Waals surface area contributed by atoms with E-state index in [-0.39, 0.29) is 0 Å². The van der Waals surface area contributed by atoms with Gasteiger partial charge in [-0.1, -0.05) is 12.8 Å². The Balaban J connectivity index is 2.40. The van der Waals surface area contributed by atoms with Crippen molar-refractivity contribution in [2.45, 2.75) is 24.9 Å². The third-order valence-electron chi connectivity index (χ3n) is 1.40. The van der Waals surface area contributed by atoms with Gasteiger partial charge in [0.25, 0.3) is 0 Å². The molecule has 3 heteroatoms. The first-order valence-corrected chi connectivity index (χ1v) is 4.96. The fourth-order valence-corrected chi connectivity index (χ4v) is 2.82. The average molecular weight is 118 g/mol. The maximum absolute atomic E-state index is 8.89. The molecule has 2 nitrogen and oxygen atoms in total. The van der Waals surface area contributed by atoms with Crippen LogP contribution in [0.5, 0.6) is 0 Å². The minimum absolute atomic E-state index is 0.701. The van der Waals surface area contributed by atoms with E-state index >= 15 is 0 Å². The van der Waals surface area contributed by atoms with Gasteiger partial charge in [0.05, 0.1) is 0 Å². The van der Waals surface area contributed by atoms with Crippen LogP contribution in [0.15, 0.2) is 0 Å². The van der Waals surface area contributed by atoms with Crippen molar-refractivity contribution >= 4 is 8.56 Å². The average Bonchev–Trinajstić information content (AvgIpc) is 1.84. The predicted octanol–water partition coefficient (Wildman–Crippen LogP) is 0.207. The number of hydrogen-bond acceptors (Lipinski definition) is 2. The molecule has 0 aromatic heterocycles. The van der Waals surface area contributed by atoms with E-state index in [9.17, 15) is 0 Å². The van der Waals surface area contributed by atoms with Crippen LogP contribution in [-0.4, -0.2) is 18.2 Å². The lowest BCUT2D eigenvalue weighted by molar-refractivity contribution is 0.370. The molecule has 0 aromatic rings. The van der Waals surface area contributed by atoms with E-state index in [0.717, 1.165) is 12.8 Å². The van der Waals surface area contributed by atoms with Crippen molar-refractivity contribution in [1.29, 1.82) is 0 Å². The van der Waals surface area contributed by atoms with Crippen molar-refractivity contribution in [2.24, 2.45) is 0 Å². The normalized spacial score (nSPS) is 28.3. The fraction of sp³-hybridized carbons (Fsp3) is 1.00. The molecule has 0 unspecified atom stereocenters. The molecule has 0 saturated carbocycles. The van der Waals surface area contributed by atoms with Crippen molar-refractivity contribution in [3.63, 3.8) is 0 Å². The zero-order valence-corrected chi connectivity index (χ0v) is 5.22. The lowest BCUT2D eigenvalue weighted by Crippen LogP contribution is -2.29. The zero-order chi connectivity index (χ0) is 5.33. The maximum atomic E-state index is 8.89. The zero-order valence-electron chi connectivity index (χ0n) is 4.22. The third kappa shape index (κ3) is 1.26. The van der Waals surface area contributed by atoms with Crippen molar-refractivity contribution in [1.82, 2.24) is 0 Å². The lowest BCUT2D eigenvalue weighted by Gasteiger charge is -2.05. The fourth-order valence-electron chi connectivity index (χ4n) is 0.941. The summed E-state index contributed by atoms with van der Waals surface area (Å²) in [4.78, 5) is 17.8. The molecule has 0 aliphatic carbocycles. The smallest absolute Gasteiger partial charge is 0.332 e. The van der Waals surface area contributed by atoms with Gasteiger partial charge in [-0.05, 0) is 12.1 Å². The van der Waals surface area contributed by atoms with Crippen LogP contribution in [0.2, 0.25) is 12.1 Å². The largest absolute Gasteiger partial charge is 0.411 e. The SMILES string of the molecule is O[Si]1(O)CCCC1. The van der Waals surface area contributed by atoms with Gasteiger partial charge < -0.3 is 9.59 Å². The van der Waals surface area contributed by atoms with Crippen molar-refractivity contribution in [3.8, 4) is 0 Å². The van der Waals surface area contributed by atoms with Crippen LogP contribution < -0.4 is 0 Å². The highest BCUT2D eigenvalue weighted by Gasteiger charge is 2.32. The van der Waals surface area contributed by atoms with Crippen LogP contribution in [-0.2, 0) is 0 Å². The molecule has 0 spiro atoms. The molecule has 1 rings (SSSR count). The second-order valence-electron chi connectivity index (χ2n) is 2.19. The molecule has 1 aliphatic rings. The van der Waals surface area contributed by atoms with E-state index < -0.39 is 8.56 Å². The molecule has 0 aromatic carbocycles. The van der Waals surface area contributed by atoms with Crippen molar-refractivity contribution in [3.05, 3.63) is 0 Å². The Kier molecular flexibility index (Phi) is 1.19. The van der Waals surface area contributed by atoms with Crippen LogP contribution in [0.4, 0.5) is 0 Å². The highest BCUT2D eigenvalue weighted by Crippen LogP contribution is 2.24. The number of rotatable bonds is 0. The first kappa shape index (κ1) is 5.28. The molecule has 0 bridgehead atoms. The summed E-state index contributed by atoms with van der Waals surface area (Å²) in [6.07, 6.45) is 2.05. The molecule has 2 N–H and O–H groups in total. The summed E-state index contributed by atoms with van der Waals surface area (Å²) >= 11 is 0. The van der Waals surface area contributed by atoms with E-state index in [1.54, 1.807) is 0 Å². The maximum Gasteiger partial charge on any atom is 0.332 e. The van der Waals surface area contributed by atoms with Gasteiger partial charge in [-0.15, -0.1) is 0 Å². The highest BCUT2D eigenvalue weighted by atomic mass is 28.4. The van der Waals surface area contributed by atoms with E-state index in [1.165, 1.54) is 0 Å². The monoisotopic (exact) mass is 118 g/mol. The molecule has 7 heavy (non-hydrogen) atoms. The van der Waals surface area contributed by atoms with E-state index in [0.29, 0.717) is 12.1 Å². The van der Waals surface area contributed by atoms with E-state index in [2.05, 4.69) is 0 Å². The molecule has 1 heterocycles. The molecule has 0 amide bonds. The van der Waals surface area contributed by atoms with Gasteiger partial charge >= 0.3 is 8.56 Å². The Bertz CT molecular complexity index is 64.1. The van der Waals surface area contributed by atoms with Gasteiger partial charge in [0.2, 0.25) is 0 Å². The Hall–Kier alpha value is 0.137. The standard InChI is InChI=1S/C4H10O2Si/c5-7(6)3-1-2-4-7/h5-6H,1-4H2. The topological polar surface area (TPSA) is 40.5 Å². The molecule has 1 saturated heterocycles. The van der Waals surface area contributed by atoms with Gasteiger partial charge in [0, 0.05) is 0 Å². The molecule has 0 atom stereocenters. The summed E-state index contributed by atoms with van der Waals surface area (Å²) in [6.45, 7) is 0. The minimum atomic E-state index is -2.54. The molecule has 1 aliphatic heterocycles. The molecular formula is C4H10O2Si. The summed E-state index contributed by atoms with van der Waals surface area (Å²) in [5.74, 6) is 0. The van der Waals surface area contributed by atoms with Crippen LogP contribution in [0, 0.1) is 0 Å². The Morgan fingerprint density at radius 2 is 1.43 bits per heavy atom. The summed E-state index contributed by atoms with van der Waals surface area (Å²) in [5, 5.41) is 0. The quantitative estimate of drug-likeness (QED) is 0.446. The molecular weight excluding hydrogens is 108 g/mol. The van der Waals surface area contributed by atoms with Gasteiger partial charge in [0.1, 0.15) is 0 Å². The van der Waals surface area contributed by atoms with Gasteiger partial charge in [-0.2, -0.15) is 0 Å². The number of hydrogen-bond donors (Lipinski definition) is 2. The Labute approximate surface area is 44.0 Å². The van der Waals surface area contributed by atoms with Gasteiger partial charge in [-0.3, -0.25) is 0 Å². The van der Waals surface area contributed by atoms with Gasteiger partial charge in [0.15, 0.2) is 0 Å².